The molecule has 1 saturated heterocycles. The van der Waals surface area contributed by atoms with Gasteiger partial charge in [-0.1, -0.05) is 18.2 Å². The first-order valence-electron chi connectivity index (χ1n) is 9.60. The topological polar surface area (TPSA) is 95.2 Å². The summed E-state index contributed by atoms with van der Waals surface area (Å²) < 4.78 is 5.96. The summed E-state index contributed by atoms with van der Waals surface area (Å²) in [5, 5.41) is 16.7. The van der Waals surface area contributed by atoms with Gasteiger partial charge in [-0.2, -0.15) is 5.10 Å². The molecule has 0 radical (unpaired) electrons. The first kappa shape index (κ1) is 17.6. The molecule has 0 spiro atoms. The summed E-state index contributed by atoms with van der Waals surface area (Å²) in [6.07, 6.45) is 4.45. The second-order valence-corrected chi connectivity index (χ2v) is 7.42. The lowest BCUT2D eigenvalue weighted by Crippen LogP contribution is -2.21. The number of benzene rings is 1. The van der Waals surface area contributed by atoms with E-state index < -0.39 is 5.97 Å². The number of furan rings is 1. The Hall–Kier alpha value is -3.45. The van der Waals surface area contributed by atoms with Gasteiger partial charge in [-0.15, -0.1) is 0 Å². The van der Waals surface area contributed by atoms with Crippen LogP contribution in [0, 0.1) is 0 Å². The van der Waals surface area contributed by atoms with Gasteiger partial charge in [0.05, 0.1) is 6.20 Å². The summed E-state index contributed by atoms with van der Waals surface area (Å²) in [7, 11) is 0. The average molecular weight is 388 g/mol. The van der Waals surface area contributed by atoms with Crippen molar-refractivity contribution in [1.82, 2.24) is 20.1 Å². The Labute approximate surface area is 167 Å². The van der Waals surface area contributed by atoms with Crippen LogP contribution in [-0.2, 0) is 6.54 Å². The Balaban J connectivity index is 1.33. The minimum Gasteiger partial charge on any atom is -0.477 e. The monoisotopic (exact) mass is 388 g/mol. The number of nitrogens with zero attached hydrogens (tertiary/aromatic N) is 3. The second kappa shape index (κ2) is 7.18. The van der Waals surface area contributed by atoms with Crippen molar-refractivity contribution < 1.29 is 14.3 Å². The normalized spacial score (nSPS) is 17.2. The van der Waals surface area contributed by atoms with Crippen molar-refractivity contribution in [1.29, 1.82) is 0 Å². The van der Waals surface area contributed by atoms with E-state index in [1.54, 1.807) is 6.20 Å². The van der Waals surface area contributed by atoms with E-state index in [1.807, 2.05) is 36.5 Å². The van der Waals surface area contributed by atoms with Crippen molar-refractivity contribution in [2.45, 2.75) is 18.9 Å². The summed E-state index contributed by atoms with van der Waals surface area (Å²) in [6, 6.07) is 14.1. The summed E-state index contributed by atoms with van der Waals surface area (Å²) >= 11 is 0. The molecule has 1 atom stereocenters. The lowest BCUT2D eigenvalue weighted by atomic mass is 9.98. The zero-order valence-corrected chi connectivity index (χ0v) is 15.7. The third-order valence-corrected chi connectivity index (χ3v) is 5.53. The van der Waals surface area contributed by atoms with Crippen LogP contribution in [-0.4, -0.2) is 44.2 Å². The minimum absolute atomic E-state index is 0.171. The molecule has 7 heteroatoms. The Morgan fingerprint density at radius 2 is 2.17 bits per heavy atom. The van der Waals surface area contributed by atoms with E-state index in [9.17, 15) is 9.90 Å². The molecule has 1 aliphatic rings. The van der Waals surface area contributed by atoms with Gasteiger partial charge in [0, 0.05) is 30.2 Å². The molecule has 29 heavy (non-hydrogen) atoms. The Kier molecular flexibility index (Phi) is 4.37. The molecule has 0 amide bonds. The smallest absolute Gasteiger partial charge is 0.354 e. The first-order chi connectivity index (χ1) is 14.2. The van der Waals surface area contributed by atoms with Crippen molar-refractivity contribution in [2.24, 2.45) is 0 Å². The number of rotatable bonds is 5. The number of aromatic nitrogens is 3. The number of carbonyl (C=O) groups is 1. The summed E-state index contributed by atoms with van der Waals surface area (Å²) in [4.78, 5) is 18.0. The Morgan fingerprint density at radius 3 is 3.03 bits per heavy atom. The van der Waals surface area contributed by atoms with Crippen LogP contribution in [0.3, 0.4) is 0 Å². The molecule has 2 N–H and O–H groups in total. The zero-order chi connectivity index (χ0) is 19.8. The molecular weight excluding hydrogens is 368 g/mol. The fourth-order valence-electron chi connectivity index (χ4n) is 4.05. The predicted octanol–water partition coefficient (Wildman–Crippen LogP) is 3.91. The number of hydrogen-bond donors (Lipinski definition) is 2. The van der Waals surface area contributed by atoms with E-state index in [-0.39, 0.29) is 5.69 Å². The van der Waals surface area contributed by atoms with Gasteiger partial charge in [-0.25, -0.2) is 4.79 Å². The van der Waals surface area contributed by atoms with E-state index >= 15 is 0 Å². The average Bonchev–Trinajstić information content (AvgIpc) is 3.47. The van der Waals surface area contributed by atoms with Crippen LogP contribution in [0.25, 0.3) is 22.4 Å². The summed E-state index contributed by atoms with van der Waals surface area (Å²) in [5.74, 6) is 0.173. The van der Waals surface area contributed by atoms with Gasteiger partial charge < -0.3 is 9.52 Å². The van der Waals surface area contributed by atoms with Crippen LogP contribution in [0.15, 0.2) is 59.3 Å². The first-order valence-corrected chi connectivity index (χ1v) is 9.60. The van der Waals surface area contributed by atoms with Gasteiger partial charge in [-0.3, -0.25) is 15.0 Å². The van der Waals surface area contributed by atoms with Crippen molar-refractivity contribution in [3.63, 3.8) is 0 Å². The number of para-hydroxylation sites is 1. The van der Waals surface area contributed by atoms with Gasteiger partial charge in [0.2, 0.25) is 0 Å². The molecule has 4 heterocycles. The third kappa shape index (κ3) is 3.40. The lowest BCUT2D eigenvalue weighted by Gasteiger charge is -2.16. The van der Waals surface area contributed by atoms with Crippen LogP contribution in [0.4, 0.5) is 0 Å². The molecule has 3 aromatic heterocycles. The van der Waals surface area contributed by atoms with Gasteiger partial charge in [0.15, 0.2) is 5.76 Å². The predicted molar refractivity (Wildman–Crippen MR) is 108 cm³/mol. The largest absolute Gasteiger partial charge is 0.477 e. The fourth-order valence-corrected chi connectivity index (χ4v) is 4.05. The highest BCUT2D eigenvalue weighted by atomic mass is 16.4. The molecule has 0 aliphatic carbocycles. The number of nitrogens with one attached hydrogen (secondary N) is 1. The minimum atomic E-state index is -0.974. The number of H-pyrrole nitrogens is 1. The van der Waals surface area contributed by atoms with Crippen LogP contribution in [0.5, 0.6) is 0 Å². The van der Waals surface area contributed by atoms with E-state index in [0.717, 1.165) is 47.5 Å². The van der Waals surface area contributed by atoms with Gasteiger partial charge >= 0.3 is 5.97 Å². The highest BCUT2D eigenvalue weighted by Crippen LogP contribution is 2.32. The summed E-state index contributed by atoms with van der Waals surface area (Å²) in [6.45, 7) is 2.36. The van der Waals surface area contributed by atoms with Gasteiger partial charge in [-0.05, 0) is 48.7 Å². The van der Waals surface area contributed by atoms with E-state index in [0.29, 0.717) is 12.5 Å². The Morgan fingerprint density at radius 1 is 1.28 bits per heavy atom. The molecule has 146 valence electrons. The van der Waals surface area contributed by atoms with Gasteiger partial charge in [0.25, 0.3) is 0 Å². The molecular formula is C22H20N4O3. The number of hydrogen-bond acceptors (Lipinski definition) is 5. The SMILES string of the molecule is O=C(O)c1[nH]ncc1CN1CC[C@@H](c2ccnc(-c3cc4ccccc4o3)c2)C1. The van der Waals surface area contributed by atoms with Crippen LogP contribution >= 0.6 is 0 Å². The maximum absolute atomic E-state index is 11.3. The third-order valence-electron chi connectivity index (χ3n) is 5.53. The maximum atomic E-state index is 11.3. The molecule has 5 rings (SSSR count). The quantitative estimate of drug-likeness (QED) is 0.538. The summed E-state index contributed by atoms with van der Waals surface area (Å²) in [5.41, 5.74) is 3.81. The molecule has 0 saturated carbocycles. The van der Waals surface area contributed by atoms with E-state index in [1.165, 1.54) is 5.56 Å². The fraction of sp³-hybridized carbons (Fsp3) is 0.227. The molecule has 4 aromatic rings. The van der Waals surface area contributed by atoms with Crippen molar-refractivity contribution in [3.05, 3.63) is 71.7 Å². The number of aromatic amines is 1. The number of pyridine rings is 1. The van der Waals surface area contributed by atoms with Crippen LogP contribution in [0.1, 0.15) is 34.0 Å². The van der Waals surface area contributed by atoms with Crippen molar-refractivity contribution in [2.75, 3.05) is 13.1 Å². The standard InChI is InChI=1S/C22H20N4O3/c27-22(28)21-17(11-24-25-21)13-26-8-6-16(12-26)14-5-7-23-18(9-14)20-10-15-3-1-2-4-19(15)29-20/h1-5,7,9-11,16H,6,8,12-13H2,(H,24,25)(H,27,28)/t16-/m1/s1. The molecule has 0 unspecified atom stereocenters. The molecule has 0 bridgehead atoms. The number of likely N-dealkylation sites (tertiary alicyclic amines) is 1. The molecule has 1 aliphatic heterocycles. The zero-order valence-electron chi connectivity index (χ0n) is 15.7. The van der Waals surface area contributed by atoms with Crippen LogP contribution < -0.4 is 0 Å². The Bertz CT molecular complexity index is 1150. The molecule has 7 nitrogen and oxygen atoms in total. The van der Waals surface area contributed by atoms with Crippen LogP contribution in [0.2, 0.25) is 0 Å². The van der Waals surface area contributed by atoms with Gasteiger partial charge in [0.1, 0.15) is 17.0 Å². The maximum Gasteiger partial charge on any atom is 0.354 e. The van der Waals surface area contributed by atoms with E-state index in [2.05, 4.69) is 32.2 Å². The highest BCUT2D eigenvalue weighted by molar-refractivity contribution is 5.86. The number of aromatic carboxylic acids is 1. The van der Waals surface area contributed by atoms with Crippen molar-refractivity contribution in [3.8, 4) is 11.5 Å². The van der Waals surface area contributed by atoms with E-state index in [4.69, 9.17) is 4.42 Å². The lowest BCUT2D eigenvalue weighted by molar-refractivity contribution is 0.0688. The highest BCUT2D eigenvalue weighted by Gasteiger charge is 2.26. The molecule has 1 fully saturated rings. The number of carboxylic acids is 1. The molecule has 1 aromatic carbocycles. The second-order valence-electron chi connectivity index (χ2n) is 7.42. The number of carboxylic acid groups (broad SMARTS) is 1. The number of fused-ring (bicyclic) bond motifs is 1. The van der Waals surface area contributed by atoms with Crippen molar-refractivity contribution >= 4 is 16.9 Å².